The number of anilines is 1. The van der Waals surface area contributed by atoms with Crippen LogP contribution in [0, 0.1) is 17.8 Å². The summed E-state index contributed by atoms with van der Waals surface area (Å²) in [6.07, 6.45) is 8.74. The molecule has 8 nitrogen and oxygen atoms in total. The van der Waals surface area contributed by atoms with E-state index in [1.165, 1.54) is 0 Å². The van der Waals surface area contributed by atoms with Crippen LogP contribution in [0.4, 0.5) is 14.7 Å². The number of halogens is 2. The van der Waals surface area contributed by atoms with Crippen LogP contribution in [-0.2, 0) is 11.2 Å². The SMILES string of the molecule is COC(O)C1[C@@H]2CC[C@H]1CN(c1ncc(-c3ccc4nc5c(n4c3)[C@@H](c3ccccc3OC(F)F)CC5)cn1)C2. The molecular formula is C30H31F2N5O3. The number of aromatic nitrogens is 4. The molecule has 7 rings (SSSR count). The maximum Gasteiger partial charge on any atom is 0.387 e. The fourth-order valence-electron chi connectivity index (χ4n) is 7.21. The van der Waals surface area contributed by atoms with Gasteiger partial charge in [-0.15, -0.1) is 0 Å². The number of aryl methyl sites for hydroxylation is 1. The topological polar surface area (TPSA) is 85.0 Å². The Bertz CT molecular complexity index is 1510. The molecular weight excluding hydrogens is 516 g/mol. The summed E-state index contributed by atoms with van der Waals surface area (Å²) < 4.78 is 38.4. The van der Waals surface area contributed by atoms with Gasteiger partial charge in [0.1, 0.15) is 11.4 Å². The first-order valence-corrected chi connectivity index (χ1v) is 13.8. The van der Waals surface area contributed by atoms with Crippen LogP contribution in [0.2, 0.25) is 0 Å². The molecule has 1 N–H and O–H groups in total. The average molecular weight is 548 g/mol. The summed E-state index contributed by atoms with van der Waals surface area (Å²) in [5, 5.41) is 10.3. The van der Waals surface area contributed by atoms with Crippen LogP contribution in [0.25, 0.3) is 16.8 Å². The molecule has 2 unspecified atom stereocenters. The van der Waals surface area contributed by atoms with Gasteiger partial charge >= 0.3 is 6.61 Å². The van der Waals surface area contributed by atoms with E-state index in [1.54, 1.807) is 19.2 Å². The number of nitrogens with zero attached hydrogens (tertiary/aromatic N) is 5. The highest BCUT2D eigenvalue weighted by atomic mass is 19.3. The number of imidazole rings is 1. The highest BCUT2D eigenvalue weighted by Gasteiger charge is 2.46. The van der Waals surface area contributed by atoms with Crippen LogP contribution in [0.3, 0.4) is 0 Å². The van der Waals surface area contributed by atoms with Crippen LogP contribution < -0.4 is 9.64 Å². The number of rotatable bonds is 7. The molecule has 5 atom stereocenters. The third kappa shape index (κ3) is 4.30. The Morgan fingerprint density at radius 3 is 2.45 bits per heavy atom. The van der Waals surface area contributed by atoms with Crippen molar-refractivity contribution in [3.63, 3.8) is 0 Å². The number of para-hydroxylation sites is 1. The quantitative estimate of drug-likeness (QED) is 0.330. The molecule has 10 heteroatoms. The van der Waals surface area contributed by atoms with Crippen molar-refractivity contribution in [2.24, 2.45) is 17.8 Å². The maximum absolute atomic E-state index is 13.1. The Morgan fingerprint density at radius 2 is 1.73 bits per heavy atom. The van der Waals surface area contributed by atoms with Gasteiger partial charge in [-0.3, -0.25) is 0 Å². The van der Waals surface area contributed by atoms with E-state index in [4.69, 9.17) is 24.4 Å². The van der Waals surface area contributed by atoms with Gasteiger partial charge < -0.3 is 23.9 Å². The number of benzene rings is 1. The van der Waals surface area contributed by atoms with E-state index in [-0.39, 0.29) is 17.6 Å². The largest absolute Gasteiger partial charge is 0.435 e. The normalized spacial score (nSPS) is 24.6. The fourth-order valence-corrected chi connectivity index (χ4v) is 7.21. The third-order valence-corrected chi connectivity index (χ3v) is 8.97. The summed E-state index contributed by atoms with van der Waals surface area (Å²) in [6.45, 7) is -1.25. The van der Waals surface area contributed by atoms with E-state index in [1.807, 2.05) is 42.9 Å². The lowest BCUT2D eigenvalue weighted by atomic mass is 9.84. The maximum atomic E-state index is 13.1. The number of aliphatic hydroxyl groups excluding tert-OH is 1. The first kappa shape index (κ1) is 25.3. The molecule has 1 aliphatic heterocycles. The van der Waals surface area contributed by atoms with E-state index in [0.29, 0.717) is 17.8 Å². The van der Waals surface area contributed by atoms with Gasteiger partial charge in [0, 0.05) is 67.3 Å². The Balaban J connectivity index is 1.16. The molecule has 2 bridgehead atoms. The second-order valence-corrected chi connectivity index (χ2v) is 11.1. The zero-order chi connectivity index (χ0) is 27.4. The standard InChI is InChI=1S/C30H31F2N5O3/c1-39-28(38)26-18-6-7-19(26)15-36(14-18)30-33-12-20(13-34-30)17-8-11-25-35-23-10-9-22(27(23)37(25)16-17)21-4-2-3-5-24(21)40-29(31)32/h2-5,8,11-13,16,18-19,22,26,28-29,38H,6-7,9-10,14-15H2,1H3/t18-,19+,22-,26?,28?/m1/s1. The van der Waals surface area contributed by atoms with E-state index < -0.39 is 12.9 Å². The van der Waals surface area contributed by atoms with Crippen molar-refractivity contribution < 1.29 is 23.4 Å². The van der Waals surface area contributed by atoms with E-state index in [9.17, 15) is 13.9 Å². The first-order chi connectivity index (χ1) is 19.5. The van der Waals surface area contributed by atoms with Gasteiger partial charge in [-0.1, -0.05) is 18.2 Å². The van der Waals surface area contributed by atoms with Crippen molar-refractivity contribution in [1.29, 1.82) is 0 Å². The first-order valence-electron chi connectivity index (χ1n) is 13.8. The van der Waals surface area contributed by atoms with Crippen molar-refractivity contribution in [2.75, 3.05) is 25.1 Å². The molecule has 0 spiro atoms. The summed E-state index contributed by atoms with van der Waals surface area (Å²) >= 11 is 0. The van der Waals surface area contributed by atoms with Crippen molar-refractivity contribution >= 4 is 11.6 Å². The molecule has 0 amide bonds. The van der Waals surface area contributed by atoms with E-state index in [0.717, 1.165) is 72.5 Å². The predicted molar refractivity (Wildman–Crippen MR) is 144 cm³/mol. The lowest BCUT2D eigenvalue weighted by molar-refractivity contribution is -0.134. The molecule has 3 aliphatic rings. The van der Waals surface area contributed by atoms with Crippen molar-refractivity contribution in [2.45, 2.75) is 44.5 Å². The van der Waals surface area contributed by atoms with Gasteiger partial charge in [-0.2, -0.15) is 8.78 Å². The minimum Gasteiger partial charge on any atom is -0.435 e. The second-order valence-electron chi connectivity index (χ2n) is 11.1. The molecule has 208 valence electrons. The minimum atomic E-state index is -2.88. The molecule has 2 aliphatic carbocycles. The highest BCUT2D eigenvalue weighted by molar-refractivity contribution is 5.65. The number of aliphatic hydroxyl groups is 1. The Hall–Kier alpha value is -3.63. The van der Waals surface area contributed by atoms with Gasteiger partial charge in [0.2, 0.25) is 5.95 Å². The summed E-state index contributed by atoms with van der Waals surface area (Å²) in [4.78, 5) is 16.5. The number of hydrogen-bond donors (Lipinski definition) is 1. The minimum absolute atomic E-state index is 0.0938. The molecule has 0 radical (unpaired) electrons. The van der Waals surface area contributed by atoms with Crippen LogP contribution in [0.1, 0.15) is 42.1 Å². The summed E-state index contributed by atoms with van der Waals surface area (Å²) in [5.74, 6) is 1.72. The smallest absolute Gasteiger partial charge is 0.387 e. The number of pyridine rings is 1. The van der Waals surface area contributed by atoms with Crippen molar-refractivity contribution in [1.82, 2.24) is 19.4 Å². The van der Waals surface area contributed by atoms with Crippen molar-refractivity contribution in [3.05, 3.63) is 71.9 Å². The number of methoxy groups -OCH3 is 1. The average Bonchev–Trinajstić information content (AvgIpc) is 3.62. The van der Waals surface area contributed by atoms with Gasteiger partial charge in [0.05, 0.1) is 11.4 Å². The molecule has 3 aromatic heterocycles. The molecule has 1 saturated carbocycles. The number of hydrogen-bond acceptors (Lipinski definition) is 7. The second kappa shape index (κ2) is 10.1. The summed E-state index contributed by atoms with van der Waals surface area (Å²) in [5.41, 5.74) is 5.39. The van der Waals surface area contributed by atoms with Gasteiger partial charge in [0.25, 0.3) is 0 Å². The summed E-state index contributed by atoms with van der Waals surface area (Å²) in [7, 11) is 1.56. The number of piperidine rings is 1. The fraction of sp³-hybridized carbons (Fsp3) is 0.433. The molecule has 4 aromatic rings. The van der Waals surface area contributed by atoms with Gasteiger partial charge in [-0.25, -0.2) is 15.0 Å². The third-order valence-electron chi connectivity index (χ3n) is 8.97. The van der Waals surface area contributed by atoms with Crippen molar-refractivity contribution in [3.8, 4) is 16.9 Å². The highest BCUT2D eigenvalue weighted by Crippen LogP contribution is 2.45. The van der Waals surface area contributed by atoms with Crippen LogP contribution >= 0.6 is 0 Å². The summed E-state index contributed by atoms with van der Waals surface area (Å²) in [6, 6.07) is 11.0. The van der Waals surface area contributed by atoms with Crippen LogP contribution in [0.5, 0.6) is 5.75 Å². The molecule has 1 saturated heterocycles. The van der Waals surface area contributed by atoms with E-state index in [2.05, 4.69) is 9.30 Å². The van der Waals surface area contributed by atoms with Gasteiger partial charge in [0.15, 0.2) is 6.29 Å². The number of alkyl halides is 2. The van der Waals surface area contributed by atoms with Gasteiger partial charge in [-0.05, 0) is 55.7 Å². The number of ether oxygens (including phenoxy) is 2. The van der Waals surface area contributed by atoms with Crippen LogP contribution in [-0.4, -0.2) is 57.6 Å². The Morgan fingerprint density at radius 1 is 0.975 bits per heavy atom. The Labute approximate surface area is 230 Å². The molecule has 4 heterocycles. The number of fused-ring (bicyclic) bond motifs is 5. The molecule has 40 heavy (non-hydrogen) atoms. The molecule has 1 aromatic carbocycles. The Kier molecular flexibility index (Phi) is 6.39. The predicted octanol–water partition coefficient (Wildman–Crippen LogP) is 4.90. The monoisotopic (exact) mass is 547 g/mol. The lowest BCUT2D eigenvalue weighted by Crippen LogP contribution is -2.47. The van der Waals surface area contributed by atoms with Crippen LogP contribution in [0.15, 0.2) is 55.0 Å². The van der Waals surface area contributed by atoms with E-state index >= 15 is 0 Å². The zero-order valence-electron chi connectivity index (χ0n) is 22.2. The zero-order valence-corrected chi connectivity index (χ0v) is 22.2. The molecule has 2 fully saturated rings. The lowest BCUT2D eigenvalue weighted by Gasteiger charge is -2.39.